The predicted molar refractivity (Wildman–Crippen MR) is 80.5 cm³/mol. The molecule has 0 aliphatic heterocycles. The number of hydrogen-bond donors (Lipinski definition) is 0. The van der Waals surface area contributed by atoms with Crippen LogP contribution in [0.15, 0.2) is 12.2 Å². The highest BCUT2D eigenvalue weighted by Gasteiger charge is 2.30. The molecular formula is C16H28F2Si. The van der Waals surface area contributed by atoms with Crippen molar-refractivity contribution >= 4 is 9.52 Å². The van der Waals surface area contributed by atoms with Crippen LogP contribution < -0.4 is 0 Å². The number of allylic oxidation sites excluding steroid dienone is 1. The minimum Gasteiger partial charge on any atom is -0.174 e. The van der Waals surface area contributed by atoms with Gasteiger partial charge >= 0.3 is 0 Å². The van der Waals surface area contributed by atoms with E-state index in [4.69, 9.17) is 0 Å². The summed E-state index contributed by atoms with van der Waals surface area (Å²) < 4.78 is 24.5. The van der Waals surface area contributed by atoms with Crippen LogP contribution in [0.4, 0.5) is 8.78 Å². The lowest BCUT2D eigenvalue weighted by molar-refractivity contribution is 0.178. The summed E-state index contributed by atoms with van der Waals surface area (Å²) in [5, 5.41) is 0. The van der Waals surface area contributed by atoms with Crippen LogP contribution in [-0.2, 0) is 0 Å². The Kier molecular flexibility index (Phi) is 6.05. The Morgan fingerprint density at radius 3 is 1.95 bits per heavy atom. The van der Waals surface area contributed by atoms with E-state index in [1.807, 2.05) is 0 Å². The third-order valence-electron chi connectivity index (χ3n) is 5.43. The van der Waals surface area contributed by atoms with Gasteiger partial charge in [-0.1, -0.05) is 44.2 Å². The maximum atomic E-state index is 12.3. The summed E-state index contributed by atoms with van der Waals surface area (Å²) in [5.41, 5.74) is 1.11. The quantitative estimate of drug-likeness (QED) is 0.626. The second-order valence-corrected chi connectivity index (χ2v) is 9.43. The lowest BCUT2D eigenvalue weighted by atomic mass is 9.71. The lowest BCUT2D eigenvalue weighted by Crippen LogP contribution is -2.25. The van der Waals surface area contributed by atoms with Crippen molar-refractivity contribution < 1.29 is 8.78 Å². The Morgan fingerprint density at radius 1 is 0.947 bits per heavy atom. The van der Waals surface area contributed by atoms with Crippen molar-refractivity contribution in [2.24, 2.45) is 17.8 Å². The summed E-state index contributed by atoms with van der Waals surface area (Å²) in [5.74, 6) is 1.92. The first-order valence-corrected chi connectivity index (χ1v) is 10.0. The lowest BCUT2D eigenvalue weighted by Gasteiger charge is -2.37. The van der Waals surface area contributed by atoms with Crippen LogP contribution in [-0.4, -0.2) is 9.52 Å². The van der Waals surface area contributed by atoms with E-state index in [1.165, 1.54) is 50.6 Å². The van der Waals surface area contributed by atoms with E-state index in [0.29, 0.717) is 0 Å². The molecular weight excluding hydrogens is 258 g/mol. The summed E-state index contributed by atoms with van der Waals surface area (Å²) >= 11 is 0. The van der Waals surface area contributed by atoms with Crippen LogP contribution in [0.5, 0.6) is 0 Å². The van der Waals surface area contributed by atoms with Crippen molar-refractivity contribution in [3.05, 3.63) is 12.2 Å². The molecule has 0 aromatic heterocycles. The third-order valence-corrected chi connectivity index (χ3v) is 7.64. The van der Waals surface area contributed by atoms with Crippen molar-refractivity contribution in [2.75, 3.05) is 0 Å². The largest absolute Gasteiger partial charge is 0.266 e. The molecule has 0 N–H and O–H groups in total. The van der Waals surface area contributed by atoms with E-state index in [1.54, 1.807) is 0 Å². The fourth-order valence-electron chi connectivity index (χ4n) is 4.32. The Bertz CT molecular complexity index is 283. The maximum Gasteiger partial charge on any atom is 0.266 e. The average molecular weight is 286 g/mol. The van der Waals surface area contributed by atoms with Gasteiger partial charge in [0.15, 0.2) is 0 Å². The van der Waals surface area contributed by atoms with Crippen LogP contribution in [0.2, 0.25) is 11.6 Å². The van der Waals surface area contributed by atoms with Gasteiger partial charge in [-0.15, -0.1) is 0 Å². The Hall–Kier alpha value is -0.183. The normalized spacial score (nSPS) is 36.6. The van der Waals surface area contributed by atoms with Crippen LogP contribution in [0.25, 0.3) is 0 Å². The van der Waals surface area contributed by atoms with Gasteiger partial charge in [0.25, 0.3) is 6.08 Å². The highest BCUT2D eigenvalue weighted by Crippen LogP contribution is 2.43. The van der Waals surface area contributed by atoms with Crippen molar-refractivity contribution in [1.82, 2.24) is 0 Å². The van der Waals surface area contributed by atoms with Crippen LogP contribution in [0.3, 0.4) is 0 Å². The SMILES string of the molecule is CC[SiH2][C@H]1CC[C@H](C2CCC(C=C(F)F)CC2)CC1. The fourth-order valence-corrected chi connectivity index (χ4v) is 6.18. The molecule has 0 heterocycles. The van der Waals surface area contributed by atoms with Crippen molar-refractivity contribution in [2.45, 2.75) is 69.9 Å². The first-order chi connectivity index (χ1) is 9.19. The summed E-state index contributed by atoms with van der Waals surface area (Å²) in [6.07, 6.45) is 9.89. The van der Waals surface area contributed by atoms with E-state index in [2.05, 4.69) is 6.92 Å². The topological polar surface area (TPSA) is 0 Å². The summed E-state index contributed by atoms with van der Waals surface area (Å²) in [7, 11) is 0.212. The predicted octanol–water partition coefficient (Wildman–Crippen LogP) is 5.16. The van der Waals surface area contributed by atoms with E-state index in [9.17, 15) is 8.78 Å². The van der Waals surface area contributed by atoms with Crippen molar-refractivity contribution in [3.63, 3.8) is 0 Å². The minimum absolute atomic E-state index is 0.157. The van der Waals surface area contributed by atoms with Crippen LogP contribution in [0, 0.1) is 17.8 Å². The number of halogens is 2. The zero-order valence-electron chi connectivity index (χ0n) is 12.2. The first-order valence-electron chi connectivity index (χ1n) is 8.21. The monoisotopic (exact) mass is 286 g/mol. The molecule has 0 bridgehead atoms. The fraction of sp³-hybridized carbons (Fsp3) is 0.875. The van der Waals surface area contributed by atoms with Gasteiger partial charge in [-0.05, 0) is 49.5 Å². The third kappa shape index (κ3) is 4.69. The van der Waals surface area contributed by atoms with Gasteiger partial charge in [0.2, 0.25) is 0 Å². The molecule has 2 aliphatic carbocycles. The van der Waals surface area contributed by atoms with Crippen LogP contribution in [0.1, 0.15) is 58.3 Å². The van der Waals surface area contributed by atoms with Gasteiger partial charge in [-0.3, -0.25) is 0 Å². The molecule has 0 aromatic rings. The summed E-state index contributed by atoms with van der Waals surface area (Å²) in [6, 6.07) is 1.46. The zero-order chi connectivity index (χ0) is 13.7. The van der Waals surface area contributed by atoms with Gasteiger partial charge in [0, 0.05) is 9.52 Å². The smallest absolute Gasteiger partial charge is 0.174 e. The van der Waals surface area contributed by atoms with E-state index in [0.717, 1.165) is 30.2 Å². The number of hydrogen-bond acceptors (Lipinski definition) is 0. The first kappa shape index (κ1) is 15.2. The standard InChI is InChI=1S/C16H28F2Si/c1-2-19-15-9-7-14(8-10-15)13-5-3-12(4-6-13)11-16(17)18/h11-15H,2-10,19H2,1H3/t12?,13?,14-,15-. The molecule has 110 valence electrons. The van der Waals surface area contributed by atoms with Crippen molar-refractivity contribution in [1.29, 1.82) is 0 Å². The molecule has 2 aliphatic rings. The summed E-state index contributed by atoms with van der Waals surface area (Å²) in [4.78, 5) is 0. The van der Waals surface area contributed by atoms with Crippen LogP contribution >= 0.6 is 0 Å². The second kappa shape index (κ2) is 7.56. The Balaban J connectivity index is 1.72. The minimum atomic E-state index is -1.48. The molecule has 2 fully saturated rings. The average Bonchev–Trinajstić information content (AvgIpc) is 2.40. The van der Waals surface area contributed by atoms with Crippen molar-refractivity contribution in [3.8, 4) is 0 Å². The molecule has 0 unspecified atom stereocenters. The van der Waals surface area contributed by atoms with Gasteiger partial charge in [0.05, 0.1) is 0 Å². The molecule has 0 saturated heterocycles. The molecule has 0 spiro atoms. The molecule has 2 saturated carbocycles. The molecule has 0 radical (unpaired) electrons. The van der Waals surface area contributed by atoms with Gasteiger partial charge in [-0.2, -0.15) is 8.78 Å². The molecule has 0 aromatic carbocycles. The maximum absolute atomic E-state index is 12.3. The molecule has 19 heavy (non-hydrogen) atoms. The Morgan fingerprint density at radius 2 is 1.47 bits per heavy atom. The highest BCUT2D eigenvalue weighted by atomic mass is 28.2. The molecule has 3 heteroatoms. The zero-order valence-corrected chi connectivity index (χ0v) is 13.6. The van der Waals surface area contributed by atoms with Gasteiger partial charge in [-0.25, -0.2) is 0 Å². The molecule has 2 rings (SSSR count). The molecule has 0 amide bonds. The van der Waals surface area contributed by atoms with E-state index < -0.39 is 6.08 Å². The molecule has 0 atom stereocenters. The Labute approximate surface area is 118 Å². The van der Waals surface area contributed by atoms with E-state index >= 15 is 0 Å². The summed E-state index contributed by atoms with van der Waals surface area (Å²) in [6.45, 7) is 2.34. The molecule has 0 nitrogen and oxygen atoms in total. The highest BCUT2D eigenvalue weighted by molar-refractivity contribution is 6.37. The second-order valence-electron chi connectivity index (χ2n) is 6.70. The number of rotatable bonds is 4. The van der Waals surface area contributed by atoms with E-state index in [-0.39, 0.29) is 15.4 Å². The van der Waals surface area contributed by atoms with Gasteiger partial charge < -0.3 is 0 Å². The van der Waals surface area contributed by atoms with Gasteiger partial charge in [0.1, 0.15) is 0 Å².